The van der Waals surface area contributed by atoms with E-state index in [1.54, 1.807) is 36.4 Å². The quantitative estimate of drug-likeness (QED) is 0.840. The summed E-state index contributed by atoms with van der Waals surface area (Å²) in [7, 11) is 0. The molecule has 2 aliphatic rings. The number of rotatable bonds is 4. The fourth-order valence-corrected chi connectivity index (χ4v) is 3.46. The number of piperidine rings is 1. The maximum atomic E-state index is 13.8. The van der Waals surface area contributed by atoms with Crippen LogP contribution in [0.4, 0.5) is 4.39 Å². The third-order valence-electron chi connectivity index (χ3n) is 4.88. The van der Waals surface area contributed by atoms with E-state index in [-0.39, 0.29) is 37.2 Å². The molecule has 27 heavy (non-hydrogen) atoms. The SMILES string of the molecule is O=C1CC[C@H](N2Cc3c(OCc4ccccc4F)cccc3C2=O)C(=O)N1. The predicted octanol–water partition coefficient (Wildman–Crippen LogP) is 2.17. The van der Waals surface area contributed by atoms with Crippen LogP contribution in [0.1, 0.15) is 34.3 Å². The van der Waals surface area contributed by atoms with E-state index < -0.39 is 11.9 Å². The van der Waals surface area contributed by atoms with Crippen LogP contribution in [0, 0.1) is 5.82 Å². The Morgan fingerprint density at radius 3 is 2.70 bits per heavy atom. The van der Waals surface area contributed by atoms with Crippen molar-refractivity contribution in [2.24, 2.45) is 0 Å². The summed E-state index contributed by atoms with van der Waals surface area (Å²) in [5.74, 6) is -0.920. The Morgan fingerprint density at radius 2 is 1.93 bits per heavy atom. The first-order chi connectivity index (χ1) is 13.0. The minimum atomic E-state index is -0.679. The molecule has 1 fully saturated rings. The summed E-state index contributed by atoms with van der Waals surface area (Å²) in [4.78, 5) is 37.7. The van der Waals surface area contributed by atoms with Gasteiger partial charge in [-0.3, -0.25) is 19.7 Å². The van der Waals surface area contributed by atoms with Crippen molar-refractivity contribution in [3.05, 3.63) is 65.0 Å². The summed E-state index contributed by atoms with van der Waals surface area (Å²) >= 11 is 0. The Kier molecular flexibility index (Phi) is 4.35. The lowest BCUT2D eigenvalue weighted by Gasteiger charge is -2.29. The second-order valence-electron chi connectivity index (χ2n) is 6.56. The minimum Gasteiger partial charge on any atom is -0.488 e. The van der Waals surface area contributed by atoms with Gasteiger partial charge in [-0.15, -0.1) is 0 Å². The van der Waals surface area contributed by atoms with Crippen molar-refractivity contribution in [3.8, 4) is 5.75 Å². The van der Waals surface area contributed by atoms with E-state index in [4.69, 9.17) is 4.74 Å². The van der Waals surface area contributed by atoms with Gasteiger partial charge in [0.1, 0.15) is 24.2 Å². The van der Waals surface area contributed by atoms with Gasteiger partial charge in [-0.1, -0.05) is 24.3 Å². The number of halogens is 1. The summed E-state index contributed by atoms with van der Waals surface area (Å²) in [5.41, 5.74) is 1.55. The smallest absolute Gasteiger partial charge is 0.255 e. The van der Waals surface area contributed by atoms with Crippen LogP contribution in [0.15, 0.2) is 42.5 Å². The van der Waals surface area contributed by atoms with Crippen molar-refractivity contribution in [1.82, 2.24) is 10.2 Å². The first-order valence-corrected chi connectivity index (χ1v) is 8.67. The van der Waals surface area contributed by atoms with E-state index >= 15 is 0 Å². The molecular weight excluding hydrogens is 351 g/mol. The van der Waals surface area contributed by atoms with Crippen LogP contribution in [0.5, 0.6) is 5.75 Å². The van der Waals surface area contributed by atoms with E-state index in [0.29, 0.717) is 28.9 Å². The number of hydrogen-bond donors (Lipinski definition) is 1. The number of nitrogens with zero attached hydrogens (tertiary/aromatic N) is 1. The van der Waals surface area contributed by atoms with Gasteiger partial charge < -0.3 is 9.64 Å². The molecule has 0 bridgehead atoms. The second kappa shape index (κ2) is 6.83. The molecule has 6 nitrogen and oxygen atoms in total. The summed E-state index contributed by atoms with van der Waals surface area (Å²) in [6, 6.07) is 10.8. The number of benzene rings is 2. The molecule has 0 radical (unpaired) electrons. The van der Waals surface area contributed by atoms with Crippen molar-refractivity contribution in [2.45, 2.75) is 32.0 Å². The van der Waals surface area contributed by atoms with Gasteiger partial charge in [-0.2, -0.15) is 0 Å². The monoisotopic (exact) mass is 368 g/mol. The lowest BCUT2D eigenvalue weighted by molar-refractivity contribution is -0.136. The normalized spacial score (nSPS) is 19.1. The minimum absolute atomic E-state index is 0.0374. The molecule has 7 heteroatoms. The molecule has 0 unspecified atom stereocenters. The molecule has 0 aliphatic carbocycles. The van der Waals surface area contributed by atoms with E-state index in [9.17, 15) is 18.8 Å². The molecule has 0 spiro atoms. The van der Waals surface area contributed by atoms with Gasteiger partial charge in [0.25, 0.3) is 5.91 Å². The van der Waals surface area contributed by atoms with Crippen molar-refractivity contribution in [2.75, 3.05) is 0 Å². The molecule has 0 aromatic heterocycles. The average molecular weight is 368 g/mol. The largest absolute Gasteiger partial charge is 0.488 e. The second-order valence-corrected chi connectivity index (χ2v) is 6.56. The molecule has 1 N–H and O–H groups in total. The number of fused-ring (bicyclic) bond motifs is 1. The first-order valence-electron chi connectivity index (χ1n) is 8.67. The first kappa shape index (κ1) is 17.2. The van der Waals surface area contributed by atoms with Crippen LogP contribution >= 0.6 is 0 Å². The molecule has 2 heterocycles. The summed E-state index contributed by atoms with van der Waals surface area (Å²) in [5, 5.41) is 2.28. The van der Waals surface area contributed by atoms with Crippen LogP contribution in [-0.2, 0) is 22.7 Å². The Bertz CT molecular complexity index is 943. The molecule has 138 valence electrons. The summed E-state index contributed by atoms with van der Waals surface area (Å²) in [6.07, 6.45) is 0.503. The maximum absolute atomic E-state index is 13.8. The standard InChI is InChI=1S/C20H17FN2O4/c21-15-6-2-1-4-12(15)11-27-17-7-3-5-13-14(17)10-23(20(13)26)16-8-9-18(24)22-19(16)25/h1-7,16H,8-11H2,(H,22,24,25)/t16-/m0/s1. The fourth-order valence-electron chi connectivity index (χ4n) is 3.46. The number of nitrogens with one attached hydrogen (secondary N) is 1. The third-order valence-corrected chi connectivity index (χ3v) is 4.88. The highest BCUT2D eigenvalue weighted by atomic mass is 19.1. The van der Waals surface area contributed by atoms with Gasteiger partial charge in [-0.25, -0.2) is 4.39 Å². The molecule has 3 amide bonds. The Balaban J connectivity index is 1.55. The lowest BCUT2D eigenvalue weighted by Crippen LogP contribution is -2.52. The van der Waals surface area contributed by atoms with Crippen molar-refractivity contribution < 1.29 is 23.5 Å². The predicted molar refractivity (Wildman–Crippen MR) is 93.2 cm³/mol. The summed E-state index contributed by atoms with van der Waals surface area (Å²) in [6.45, 7) is 0.254. The van der Waals surface area contributed by atoms with E-state index in [0.717, 1.165) is 0 Å². The molecule has 4 rings (SSSR count). The third kappa shape index (κ3) is 3.16. The van der Waals surface area contributed by atoms with Gasteiger partial charge in [-0.05, 0) is 24.6 Å². The Morgan fingerprint density at radius 1 is 1.11 bits per heavy atom. The van der Waals surface area contributed by atoms with Gasteiger partial charge in [0.05, 0.1) is 6.54 Å². The number of ether oxygens (including phenoxy) is 1. The Labute approximate surface area is 154 Å². The molecule has 2 aromatic carbocycles. The topological polar surface area (TPSA) is 75.7 Å². The average Bonchev–Trinajstić information content (AvgIpc) is 2.98. The van der Waals surface area contributed by atoms with Crippen LogP contribution in [-0.4, -0.2) is 28.7 Å². The molecular formula is C20H17FN2O4. The molecule has 1 saturated heterocycles. The van der Waals surface area contributed by atoms with Crippen LogP contribution in [0.3, 0.4) is 0 Å². The fraction of sp³-hybridized carbons (Fsp3) is 0.250. The zero-order valence-corrected chi connectivity index (χ0v) is 14.4. The molecule has 0 saturated carbocycles. The van der Waals surface area contributed by atoms with Crippen molar-refractivity contribution in [1.29, 1.82) is 0 Å². The maximum Gasteiger partial charge on any atom is 0.255 e. The zero-order valence-electron chi connectivity index (χ0n) is 14.4. The number of imide groups is 1. The number of hydrogen-bond acceptors (Lipinski definition) is 4. The van der Waals surface area contributed by atoms with Gasteiger partial charge in [0, 0.05) is 23.1 Å². The number of amides is 3. The van der Waals surface area contributed by atoms with Gasteiger partial charge >= 0.3 is 0 Å². The highest BCUT2D eigenvalue weighted by molar-refractivity contribution is 6.05. The summed E-state index contributed by atoms with van der Waals surface area (Å²) < 4.78 is 19.6. The molecule has 2 aromatic rings. The highest BCUT2D eigenvalue weighted by Crippen LogP contribution is 2.34. The molecule has 2 aliphatic heterocycles. The molecule has 1 atom stereocenters. The highest BCUT2D eigenvalue weighted by Gasteiger charge is 2.40. The Hall–Kier alpha value is -3.22. The van der Waals surface area contributed by atoms with E-state index in [1.807, 2.05) is 0 Å². The van der Waals surface area contributed by atoms with Gasteiger partial charge in [0.2, 0.25) is 11.8 Å². The van der Waals surface area contributed by atoms with Crippen molar-refractivity contribution >= 4 is 17.7 Å². The van der Waals surface area contributed by atoms with Crippen LogP contribution in [0.25, 0.3) is 0 Å². The number of carbonyl (C=O) groups excluding carboxylic acids is 3. The van der Waals surface area contributed by atoms with Crippen LogP contribution < -0.4 is 10.1 Å². The van der Waals surface area contributed by atoms with E-state index in [2.05, 4.69) is 5.32 Å². The zero-order chi connectivity index (χ0) is 19.0. The van der Waals surface area contributed by atoms with Gasteiger partial charge in [0.15, 0.2) is 0 Å². The number of carbonyl (C=O) groups is 3. The van der Waals surface area contributed by atoms with Crippen molar-refractivity contribution in [3.63, 3.8) is 0 Å². The lowest BCUT2D eigenvalue weighted by atomic mass is 10.0. The van der Waals surface area contributed by atoms with E-state index in [1.165, 1.54) is 11.0 Å². The van der Waals surface area contributed by atoms with Crippen LogP contribution in [0.2, 0.25) is 0 Å².